The van der Waals surface area contributed by atoms with Crippen molar-refractivity contribution in [2.45, 2.75) is 78.2 Å². The molecule has 6 atom stereocenters. The summed E-state index contributed by atoms with van der Waals surface area (Å²) in [5.41, 5.74) is 1.02. The van der Waals surface area contributed by atoms with Crippen LogP contribution in [-0.2, 0) is 19.1 Å². The Kier molecular flexibility index (Phi) is 4.80. The highest BCUT2D eigenvalue weighted by atomic mass is 16.6. The highest BCUT2D eigenvalue weighted by Crippen LogP contribution is 2.69. The second-order valence-electron chi connectivity index (χ2n) is 10.3. The summed E-state index contributed by atoms with van der Waals surface area (Å²) in [5.74, 6) is 0.807. The van der Waals surface area contributed by atoms with Crippen LogP contribution in [0, 0.1) is 28.6 Å². The average Bonchev–Trinajstić information content (AvgIpc) is 3.01. The molecule has 0 heterocycles. The second kappa shape index (κ2) is 6.77. The molecule has 0 aromatic heterocycles. The van der Waals surface area contributed by atoms with E-state index in [0.29, 0.717) is 29.7 Å². The van der Waals surface area contributed by atoms with E-state index in [4.69, 9.17) is 4.74 Å². The van der Waals surface area contributed by atoms with E-state index in [9.17, 15) is 14.4 Å². The summed E-state index contributed by atoms with van der Waals surface area (Å²) in [6.45, 7) is 16.1. The third kappa shape index (κ3) is 2.48. The molecule has 0 aromatic carbocycles. The summed E-state index contributed by atoms with van der Waals surface area (Å²) in [7, 11) is 0. The SMILES string of the molecule is C=C1C(=C)[C@@]2(C)C(=CC1=O)CC[C@@H]1[C@@H]2CC[C@@]2(C)[C@H]1CC[C@]2(OC(=O)CC)C(C)=O. The lowest BCUT2D eigenvalue weighted by atomic mass is 9.45. The highest BCUT2D eigenvalue weighted by molar-refractivity contribution is 6.09. The van der Waals surface area contributed by atoms with E-state index in [1.807, 2.05) is 0 Å². The van der Waals surface area contributed by atoms with Gasteiger partial charge in [-0.15, -0.1) is 0 Å². The fraction of sp³-hybridized carbons (Fsp3) is 0.654. The number of ketones is 2. The first-order valence-corrected chi connectivity index (χ1v) is 11.4. The molecule has 0 spiro atoms. The van der Waals surface area contributed by atoms with Crippen LogP contribution in [0.25, 0.3) is 0 Å². The van der Waals surface area contributed by atoms with E-state index in [1.165, 1.54) is 5.57 Å². The van der Waals surface area contributed by atoms with Crippen molar-refractivity contribution < 1.29 is 19.1 Å². The molecule has 0 amide bonds. The van der Waals surface area contributed by atoms with Crippen LogP contribution in [0.4, 0.5) is 0 Å². The van der Waals surface area contributed by atoms with Gasteiger partial charge >= 0.3 is 5.97 Å². The monoisotopic (exact) mass is 410 g/mol. The topological polar surface area (TPSA) is 60.4 Å². The third-order valence-corrected chi connectivity index (χ3v) is 9.45. The number of carbonyl (C=O) groups excluding carboxylic acids is 3. The van der Waals surface area contributed by atoms with E-state index >= 15 is 0 Å². The minimum Gasteiger partial charge on any atom is -0.450 e. The lowest BCUT2D eigenvalue weighted by molar-refractivity contribution is -0.188. The fourth-order valence-electron chi connectivity index (χ4n) is 7.66. The summed E-state index contributed by atoms with van der Waals surface area (Å²) >= 11 is 0. The van der Waals surface area contributed by atoms with E-state index < -0.39 is 5.60 Å². The average molecular weight is 411 g/mol. The molecule has 0 bridgehead atoms. The molecule has 0 radical (unpaired) electrons. The van der Waals surface area contributed by atoms with Crippen molar-refractivity contribution in [1.82, 2.24) is 0 Å². The van der Waals surface area contributed by atoms with Crippen molar-refractivity contribution in [1.29, 1.82) is 0 Å². The van der Waals surface area contributed by atoms with Gasteiger partial charge in [0.1, 0.15) is 0 Å². The van der Waals surface area contributed by atoms with Gasteiger partial charge in [-0.05, 0) is 74.9 Å². The Morgan fingerprint density at radius 3 is 2.43 bits per heavy atom. The molecule has 3 fully saturated rings. The van der Waals surface area contributed by atoms with Crippen molar-refractivity contribution in [3.63, 3.8) is 0 Å². The zero-order chi connectivity index (χ0) is 22.1. The first-order valence-electron chi connectivity index (χ1n) is 11.4. The van der Waals surface area contributed by atoms with Gasteiger partial charge in [-0.2, -0.15) is 0 Å². The van der Waals surface area contributed by atoms with Gasteiger partial charge in [0.15, 0.2) is 17.2 Å². The van der Waals surface area contributed by atoms with Gasteiger partial charge in [-0.1, -0.05) is 39.5 Å². The Bertz CT molecular complexity index is 895. The van der Waals surface area contributed by atoms with Crippen LogP contribution in [-0.4, -0.2) is 23.1 Å². The fourth-order valence-corrected chi connectivity index (χ4v) is 7.66. The Labute approximate surface area is 179 Å². The van der Waals surface area contributed by atoms with Crippen LogP contribution in [0.5, 0.6) is 0 Å². The van der Waals surface area contributed by atoms with Crippen LogP contribution in [0.1, 0.15) is 72.6 Å². The minimum atomic E-state index is -1.00. The number of ether oxygens (including phenoxy) is 1. The van der Waals surface area contributed by atoms with Crippen molar-refractivity contribution in [3.05, 3.63) is 36.0 Å². The van der Waals surface area contributed by atoms with Crippen molar-refractivity contribution in [2.24, 2.45) is 28.6 Å². The molecule has 0 saturated heterocycles. The number of fused-ring (bicyclic) bond motifs is 5. The van der Waals surface area contributed by atoms with Crippen LogP contribution in [0.15, 0.2) is 36.0 Å². The van der Waals surface area contributed by atoms with E-state index in [0.717, 1.165) is 37.7 Å². The molecule has 4 nitrogen and oxygen atoms in total. The largest absolute Gasteiger partial charge is 0.450 e. The third-order valence-electron chi connectivity index (χ3n) is 9.45. The number of Topliss-reactive ketones (excluding diaryl/α,β-unsaturated/α-hetero) is 1. The van der Waals surface area contributed by atoms with Gasteiger partial charge in [0.25, 0.3) is 0 Å². The van der Waals surface area contributed by atoms with E-state index in [2.05, 4.69) is 27.0 Å². The smallest absolute Gasteiger partial charge is 0.306 e. The maximum absolute atomic E-state index is 12.9. The Morgan fingerprint density at radius 1 is 1.13 bits per heavy atom. The summed E-state index contributed by atoms with van der Waals surface area (Å²) in [5, 5.41) is 0. The molecule has 0 aromatic rings. The molecule has 0 unspecified atom stereocenters. The zero-order valence-electron chi connectivity index (χ0n) is 18.8. The maximum Gasteiger partial charge on any atom is 0.306 e. The van der Waals surface area contributed by atoms with Crippen molar-refractivity contribution >= 4 is 17.5 Å². The molecule has 0 aliphatic heterocycles. The molecule has 4 aliphatic rings. The van der Waals surface area contributed by atoms with Crippen molar-refractivity contribution in [3.8, 4) is 0 Å². The predicted molar refractivity (Wildman–Crippen MR) is 116 cm³/mol. The predicted octanol–water partition coefficient (Wildman–Crippen LogP) is 5.13. The molecular weight excluding hydrogens is 376 g/mol. The lowest BCUT2D eigenvalue weighted by Crippen LogP contribution is -2.59. The number of carbonyl (C=O) groups is 3. The number of hydrogen-bond acceptors (Lipinski definition) is 4. The summed E-state index contributed by atoms with van der Waals surface area (Å²) in [4.78, 5) is 37.6. The molecule has 30 heavy (non-hydrogen) atoms. The Balaban J connectivity index is 1.74. The lowest BCUT2D eigenvalue weighted by Gasteiger charge is -2.59. The van der Waals surface area contributed by atoms with E-state index in [-0.39, 0.29) is 34.8 Å². The van der Waals surface area contributed by atoms with Crippen molar-refractivity contribution in [2.75, 3.05) is 0 Å². The van der Waals surface area contributed by atoms with Gasteiger partial charge in [0.05, 0.1) is 0 Å². The van der Waals surface area contributed by atoms with Crippen LogP contribution in [0.2, 0.25) is 0 Å². The molecule has 4 aliphatic carbocycles. The first kappa shape index (κ1) is 21.3. The Morgan fingerprint density at radius 2 is 1.80 bits per heavy atom. The van der Waals surface area contributed by atoms with Gasteiger partial charge < -0.3 is 4.74 Å². The number of esters is 1. The van der Waals surface area contributed by atoms with Crippen LogP contribution >= 0.6 is 0 Å². The van der Waals surface area contributed by atoms with Gasteiger partial charge in [0.2, 0.25) is 0 Å². The highest BCUT2D eigenvalue weighted by Gasteiger charge is 2.68. The first-order chi connectivity index (χ1) is 14.0. The van der Waals surface area contributed by atoms with Crippen LogP contribution < -0.4 is 0 Å². The molecule has 4 heteroatoms. The quantitative estimate of drug-likeness (QED) is 0.478. The standard InChI is InChI=1S/C26H34O4/c1-7-23(29)30-26(17(4)27)13-11-20-19-9-8-18-14-22(28)15(2)16(3)25(18,6)21(19)10-12-24(20,26)5/h14,19-21H,2-3,7-13H2,1,4-6H3/t19-,20-,21-,24-,25-,26-/m0/s1. The molecule has 0 N–H and O–H groups in total. The summed E-state index contributed by atoms with van der Waals surface area (Å²) in [6, 6.07) is 0. The number of allylic oxidation sites excluding steroid dienone is 3. The van der Waals surface area contributed by atoms with Gasteiger partial charge in [0, 0.05) is 22.8 Å². The molecular formula is C26H34O4. The number of rotatable bonds is 3. The summed E-state index contributed by atoms with van der Waals surface area (Å²) < 4.78 is 5.97. The molecule has 4 rings (SSSR count). The molecule has 162 valence electrons. The van der Waals surface area contributed by atoms with Gasteiger partial charge in [-0.3, -0.25) is 14.4 Å². The zero-order valence-corrected chi connectivity index (χ0v) is 18.8. The van der Waals surface area contributed by atoms with Crippen LogP contribution in [0.3, 0.4) is 0 Å². The second-order valence-corrected chi connectivity index (χ2v) is 10.3. The molecule has 3 saturated carbocycles. The minimum absolute atomic E-state index is 0.00508. The normalized spacial score (nSPS) is 42.7. The summed E-state index contributed by atoms with van der Waals surface area (Å²) in [6.07, 6.45) is 7.26. The Hall–Kier alpha value is -1.97. The number of hydrogen-bond donors (Lipinski definition) is 0. The van der Waals surface area contributed by atoms with E-state index in [1.54, 1.807) is 19.9 Å². The maximum atomic E-state index is 12.9. The van der Waals surface area contributed by atoms with Gasteiger partial charge in [-0.25, -0.2) is 0 Å².